The molecule has 0 unspecified atom stereocenters. The van der Waals surface area contributed by atoms with Crippen molar-refractivity contribution in [1.82, 2.24) is 0 Å². The van der Waals surface area contributed by atoms with Crippen LogP contribution in [-0.2, 0) is 16.0 Å². The van der Waals surface area contributed by atoms with Gasteiger partial charge < -0.3 is 9.47 Å². The van der Waals surface area contributed by atoms with Gasteiger partial charge in [0.1, 0.15) is 5.75 Å². The van der Waals surface area contributed by atoms with Crippen LogP contribution < -0.4 is 4.74 Å². The van der Waals surface area contributed by atoms with Crippen molar-refractivity contribution in [2.45, 2.75) is 6.42 Å². The average Bonchev–Trinajstić information content (AvgIpc) is 2.89. The minimum Gasteiger partial charge on any atom is -0.496 e. The second kappa shape index (κ2) is 7.07. The fourth-order valence-electron chi connectivity index (χ4n) is 2.27. The third-order valence-electron chi connectivity index (χ3n) is 3.42. The highest BCUT2D eigenvalue weighted by atomic mass is 35.5. The summed E-state index contributed by atoms with van der Waals surface area (Å²) in [7, 11) is 1.55. The molecule has 0 spiro atoms. The summed E-state index contributed by atoms with van der Waals surface area (Å²) >= 11 is 11.9. The Morgan fingerprint density at radius 1 is 1.12 bits per heavy atom. The Morgan fingerprint density at radius 3 is 2.54 bits per heavy atom. The summed E-state index contributed by atoms with van der Waals surface area (Å²) in [5.41, 5.74) is 1.82. The summed E-state index contributed by atoms with van der Waals surface area (Å²) in [5.74, 6) is 0.441. The van der Waals surface area contributed by atoms with Crippen LogP contribution in [0.1, 0.15) is 11.1 Å². The quantitative estimate of drug-likeness (QED) is 0.593. The van der Waals surface area contributed by atoms with Crippen LogP contribution in [0.3, 0.4) is 0 Å². The minimum absolute atomic E-state index is 0.208. The Balaban J connectivity index is 1.86. The Morgan fingerprint density at radius 2 is 1.83 bits per heavy atom. The number of aliphatic imine (C=N–C) groups is 1. The molecule has 0 aromatic heterocycles. The van der Waals surface area contributed by atoms with Crippen molar-refractivity contribution >= 4 is 41.1 Å². The minimum atomic E-state index is -0.499. The maximum Gasteiger partial charge on any atom is 0.363 e. The molecule has 1 aliphatic rings. The summed E-state index contributed by atoms with van der Waals surface area (Å²) < 4.78 is 10.5. The summed E-state index contributed by atoms with van der Waals surface area (Å²) in [6.07, 6.45) is 2.01. The van der Waals surface area contributed by atoms with E-state index in [1.165, 1.54) is 0 Å². The van der Waals surface area contributed by atoms with Gasteiger partial charge >= 0.3 is 5.97 Å². The van der Waals surface area contributed by atoms with Crippen molar-refractivity contribution in [3.8, 4) is 5.75 Å². The highest BCUT2D eigenvalue weighted by Gasteiger charge is 2.23. The number of benzene rings is 2. The smallest absolute Gasteiger partial charge is 0.363 e. The van der Waals surface area contributed by atoms with E-state index >= 15 is 0 Å². The van der Waals surface area contributed by atoms with Gasteiger partial charge in [0.05, 0.1) is 7.11 Å². The van der Waals surface area contributed by atoms with Crippen LogP contribution in [0.15, 0.2) is 53.2 Å². The molecule has 1 heterocycles. The molecule has 3 rings (SSSR count). The average molecular weight is 362 g/mol. The number of cyclic esters (lactones) is 1. The lowest BCUT2D eigenvalue weighted by molar-refractivity contribution is -0.130. The first-order chi connectivity index (χ1) is 11.5. The van der Waals surface area contributed by atoms with Gasteiger partial charge in [-0.25, -0.2) is 9.79 Å². The van der Waals surface area contributed by atoms with E-state index in [0.29, 0.717) is 33.7 Å². The van der Waals surface area contributed by atoms with E-state index in [0.717, 1.165) is 5.56 Å². The third kappa shape index (κ3) is 3.78. The van der Waals surface area contributed by atoms with Crippen LogP contribution in [0.2, 0.25) is 10.0 Å². The molecule has 6 heteroatoms. The molecule has 0 fully saturated rings. The number of nitrogens with zero attached hydrogens (tertiary/aromatic N) is 1. The van der Waals surface area contributed by atoms with Gasteiger partial charge in [-0.2, -0.15) is 0 Å². The number of carbonyl (C=O) groups is 1. The first kappa shape index (κ1) is 16.6. The van der Waals surface area contributed by atoms with Gasteiger partial charge in [0, 0.05) is 22.0 Å². The number of carbonyl (C=O) groups excluding carboxylic acids is 1. The standard InChI is InChI=1S/C18H13Cl2NO3/c1-23-16-7-6-14(20)9-12(16)10-15-18(22)24-17(21-15)8-11-2-4-13(19)5-3-11/h2-7,9-10H,8H2,1H3/b15-10+. The second-order valence-electron chi connectivity index (χ2n) is 5.11. The van der Waals surface area contributed by atoms with Crippen LogP contribution in [0.5, 0.6) is 5.75 Å². The second-order valence-corrected chi connectivity index (χ2v) is 5.99. The SMILES string of the molecule is COc1ccc(Cl)cc1/C=C1/N=C(Cc2ccc(Cl)cc2)OC1=O. The van der Waals surface area contributed by atoms with Gasteiger partial charge in [-0.3, -0.25) is 0 Å². The first-order valence-corrected chi connectivity index (χ1v) is 7.90. The van der Waals surface area contributed by atoms with E-state index in [-0.39, 0.29) is 5.70 Å². The fourth-order valence-corrected chi connectivity index (χ4v) is 2.58. The molecular formula is C18H13Cl2NO3. The molecule has 0 radical (unpaired) electrons. The van der Waals surface area contributed by atoms with Crippen LogP contribution >= 0.6 is 23.2 Å². The first-order valence-electron chi connectivity index (χ1n) is 7.14. The van der Waals surface area contributed by atoms with E-state index in [9.17, 15) is 4.79 Å². The molecule has 2 aromatic rings. The molecule has 122 valence electrons. The lowest BCUT2D eigenvalue weighted by atomic mass is 10.1. The van der Waals surface area contributed by atoms with E-state index in [1.54, 1.807) is 43.5 Å². The van der Waals surface area contributed by atoms with Gasteiger partial charge in [0.25, 0.3) is 0 Å². The summed E-state index contributed by atoms with van der Waals surface area (Å²) in [6, 6.07) is 12.4. The number of hydrogen-bond donors (Lipinski definition) is 0. The monoisotopic (exact) mass is 361 g/mol. The molecule has 0 bridgehead atoms. The number of hydrogen-bond acceptors (Lipinski definition) is 4. The number of halogens is 2. The number of methoxy groups -OCH3 is 1. The number of ether oxygens (including phenoxy) is 2. The summed E-state index contributed by atoms with van der Waals surface area (Å²) in [5, 5.41) is 1.19. The molecule has 1 aliphatic heterocycles. The Hall–Kier alpha value is -2.30. The molecule has 0 aliphatic carbocycles. The molecular weight excluding hydrogens is 349 g/mol. The molecule has 0 atom stereocenters. The molecule has 0 saturated heterocycles. The molecule has 2 aromatic carbocycles. The van der Waals surface area contributed by atoms with Crippen molar-refractivity contribution in [2.75, 3.05) is 7.11 Å². The molecule has 4 nitrogen and oxygen atoms in total. The van der Waals surface area contributed by atoms with Crippen molar-refractivity contribution in [1.29, 1.82) is 0 Å². The van der Waals surface area contributed by atoms with Crippen molar-refractivity contribution in [3.63, 3.8) is 0 Å². The Labute approximate surface area is 149 Å². The fraction of sp³-hybridized carbons (Fsp3) is 0.111. The Kier molecular flexibility index (Phi) is 4.88. The van der Waals surface area contributed by atoms with Crippen molar-refractivity contribution in [2.24, 2.45) is 4.99 Å². The lowest BCUT2D eigenvalue weighted by Crippen LogP contribution is -2.06. The van der Waals surface area contributed by atoms with E-state index in [2.05, 4.69) is 4.99 Å². The highest BCUT2D eigenvalue weighted by Crippen LogP contribution is 2.27. The van der Waals surface area contributed by atoms with Gasteiger partial charge in [-0.15, -0.1) is 0 Å². The molecule has 0 saturated carbocycles. The maximum absolute atomic E-state index is 12.0. The van der Waals surface area contributed by atoms with Gasteiger partial charge in [-0.05, 0) is 42.0 Å². The van der Waals surface area contributed by atoms with Crippen LogP contribution in [0.4, 0.5) is 0 Å². The number of esters is 1. The van der Waals surface area contributed by atoms with Crippen molar-refractivity contribution in [3.05, 3.63) is 69.3 Å². The largest absolute Gasteiger partial charge is 0.496 e. The summed E-state index contributed by atoms with van der Waals surface area (Å²) in [6.45, 7) is 0. The predicted molar refractivity (Wildman–Crippen MR) is 94.7 cm³/mol. The van der Waals surface area contributed by atoms with Crippen molar-refractivity contribution < 1.29 is 14.3 Å². The zero-order valence-corrected chi connectivity index (χ0v) is 14.3. The van der Waals surface area contributed by atoms with Crippen LogP contribution in [-0.4, -0.2) is 19.0 Å². The topological polar surface area (TPSA) is 47.9 Å². The molecule has 0 N–H and O–H groups in total. The maximum atomic E-state index is 12.0. The van der Waals surface area contributed by atoms with E-state index in [1.807, 2.05) is 12.1 Å². The summed E-state index contributed by atoms with van der Waals surface area (Å²) in [4.78, 5) is 16.3. The van der Waals surface area contributed by atoms with Gasteiger partial charge in [-0.1, -0.05) is 35.3 Å². The van der Waals surface area contributed by atoms with Crippen LogP contribution in [0.25, 0.3) is 6.08 Å². The molecule has 24 heavy (non-hydrogen) atoms. The normalized spacial score (nSPS) is 15.4. The predicted octanol–water partition coefficient (Wildman–Crippen LogP) is 4.54. The lowest BCUT2D eigenvalue weighted by Gasteiger charge is -2.04. The zero-order valence-electron chi connectivity index (χ0n) is 12.8. The van der Waals surface area contributed by atoms with Gasteiger partial charge in [0.2, 0.25) is 5.90 Å². The third-order valence-corrected chi connectivity index (χ3v) is 3.90. The highest BCUT2D eigenvalue weighted by molar-refractivity contribution is 6.31. The molecule has 0 amide bonds. The number of rotatable bonds is 4. The Bertz CT molecular complexity index is 842. The van der Waals surface area contributed by atoms with Gasteiger partial charge in [0.15, 0.2) is 5.70 Å². The van der Waals surface area contributed by atoms with Crippen LogP contribution in [0, 0.1) is 0 Å². The van der Waals surface area contributed by atoms with E-state index in [4.69, 9.17) is 32.7 Å². The van der Waals surface area contributed by atoms with E-state index < -0.39 is 5.97 Å². The zero-order chi connectivity index (χ0) is 17.1.